The maximum absolute atomic E-state index is 12.7. The van der Waals surface area contributed by atoms with Gasteiger partial charge in [0.15, 0.2) is 0 Å². The van der Waals surface area contributed by atoms with Crippen LogP contribution >= 0.6 is 0 Å². The number of fused-ring (bicyclic) bond motifs is 1. The quantitative estimate of drug-likeness (QED) is 0.577. The number of carbonyl (C=O) groups excluding carboxylic acids is 1. The Morgan fingerprint density at radius 3 is 2.55 bits per heavy atom. The van der Waals surface area contributed by atoms with Crippen molar-refractivity contribution in [1.29, 1.82) is 5.26 Å². The van der Waals surface area contributed by atoms with E-state index in [0.717, 1.165) is 29.4 Å². The molecule has 0 spiro atoms. The Bertz CT molecular complexity index is 1070. The van der Waals surface area contributed by atoms with E-state index < -0.39 is 0 Å². The van der Waals surface area contributed by atoms with Gasteiger partial charge in [-0.3, -0.25) is 4.79 Å². The van der Waals surface area contributed by atoms with Crippen LogP contribution in [0.4, 0.5) is 5.82 Å². The second kappa shape index (κ2) is 10.5. The molecule has 3 rings (SSSR count). The Kier molecular flexibility index (Phi) is 7.52. The van der Waals surface area contributed by atoms with Gasteiger partial charge < -0.3 is 15.1 Å². The fourth-order valence-electron chi connectivity index (χ4n) is 3.31. The highest BCUT2D eigenvalue weighted by molar-refractivity contribution is 5.94. The van der Waals surface area contributed by atoms with Gasteiger partial charge in [0.2, 0.25) is 0 Å². The molecule has 7 nitrogen and oxygen atoms in total. The summed E-state index contributed by atoms with van der Waals surface area (Å²) in [4.78, 5) is 25.3. The van der Waals surface area contributed by atoms with Crippen molar-refractivity contribution in [3.05, 3.63) is 65.5 Å². The lowest BCUT2D eigenvalue weighted by Gasteiger charge is -2.23. The summed E-state index contributed by atoms with van der Waals surface area (Å²) in [5, 5.41) is 13.3. The third-order valence-corrected chi connectivity index (χ3v) is 5.16. The first kappa shape index (κ1) is 22.2. The summed E-state index contributed by atoms with van der Waals surface area (Å²) in [5.41, 5.74) is 3.23. The number of nitrogens with zero attached hydrogens (tertiary/aromatic N) is 5. The van der Waals surface area contributed by atoms with E-state index in [2.05, 4.69) is 26.3 Å². The molecule has 1 heterocycles. The van der Waals surface area contributed by atoms with Crippen molar-refractivity contribution in [1.82, 2.24) is 19.8 Å². The number of benzene rings is 2. The fourth-order valence-corrected chi connectivity index (χ4v) is 3.31. The van der Waals surface area contributed by atoms with E-state index in [1.165, 1.54) is 6.33 Å². The van der Waals surface area contributed by atoms with Crippen LogP contribution in [0.1, 0.15) is 28.4 Å². The first-order valence-electron chi connectivity index (χ1n) is 10.4. The number of likely N-dealkylation sites (N-methyl/N-ethyl adjacent to an activating group) is 2. The molecule has 0 unspecified atom stereocenters. The average molecular weight is 417 g/mol. The van der Waals surface area contributed by atoms with Gasteiger partial charge in [-0.1, -0.05) is 12.1 Å². The fraction of sp³-hybridized carbons (Fsp3) is 0.333. The van der Waals surface area contributed by atoms with Crippen LogP contribution in [0.2, 0.25) is 0 Å². The van der Waals surface area contributed by atoms with E-state index >= 15 is 0 Å². The molecule has 0 aliphatic carbocycles. The highest BCUT2D eigenvalue weighted by Crippen LogP contribution is 2.20. The van der Waals surface area contributed by atoms with Gasteiger partial charge in [0, 0.05) is 37.1 Å². The Morgan fingerprint density at radius 2 is 1.87 bits per heavy atom. The lowest BCUT2D eigenvalue weighted by Crippen LogP contribution is -2.36. The smallest absolute Gasteiger partial charge is 0.253 e. The van der Waals surface area contributed by atoms with Crippen LogP contribution in [0.25, 0.3) is 10.9 Å². The number of carbonyl (C=O) groups is 1. The van der Waals surface area contributed by atoms with Gasteiger partial charge >= 0.3 is 0 Å². The largest absolute Gasteiger partial charge is 0.369 e. The lowest BCUT2D eigenvalue weighted by molar-refractivity contribution is 0.0754. The SMILES string of the molecule is CCN(CCN(C)C)C(=O)c1ccc(CCNc2ncnc3ccc(C#N)cc23)cc1. The highest BCUT2D eigenvalue weighted by Gasteiger charge is 2.14. The number of nitriles is 1. The summed E-state index contributed by atoms with van der Waals surface area (Å²) < 4.78 is 0. The van der Waals surface area contributed by atoms with E-state index in [4.69, 9.17) is 5.26 Å². The van der Waals surface area contributed by atoms with Gasteiger partial charge in [0.05, 0.1) is 17.1 Å². The maximum Gasteiger partial charge on any atom is 0.253 e. The molecule has 31 heavy (non-hydrogen) atoms. The zero-order chi connectivity index (χ0) is 22.2. The van der Waals surface area contributed by atoms with Crippen LogP contribution in [-0.2, 0) is 6.42 Å². The minimum absolute atomic E-state index is 0.0646. The first-order chi connectivity index (χ1) is 15.0. The van der Waals surface area contributed by atoms with Crippen molar-refractivity contribution in [3.63, 3.8) is 0 Å². The minimum atomic E-state index is 0.0646. The van der Waals surface area contributed by atoms with Gasteiger partial charge in [0.1, 0.15) is 12.1 Å². The summed E-state index contributed by atoms with van der Waals surface area (Å²) in [6.45, 7) is 4.94. The predicted octanol–water partition coefficient (Wildman–Crippen LogP) is 3.18. The van der Waals surface area contributed by atoms with Gasteiger partial charge in [-0.05, 0) is 63.3 Å². The Hall–Kier alpha value is -3.50. The van der Waals surface area contributed by atoms with Crippen molar-refractivity contribution < 1.29 is 4.79 Å². The summed E-state index contributed by atoms with van der Waals surface area (Å²) in [6, 6.07) is 15.3. The summed E-state index contributed by atoms with van der Waals surface area (Å²) in [7, 11) is 4.02. The van der Waals surface area contributed by atoms with Crippen LogP contribution in [0, 0.1) is 11.3 Å². The first-order valence-corrected chi connectivity index (χ1v) is 10.4. The molecule has 2 aromatic carbocycles. The standard InChI is InChI=1S/C24H28N6O/c1-4-30(14-13-29(2)3)24(31)20-8-5-18(6-9-20)11-12-26-23-21-15-19(16-25)7-10-22(21)27-17-28-23/h5-10,15,17H,4,11-14H2,1-3H3,(H,26,27,28). The van der Waals surface area contributed by atoms with Crippen LogP contribution < -0.4 is 5.32 Å². The number of hydrogen-bond donors (Lipinski definition) is 1. The molecule has 0 saturated heterocycles. The van der Waals surface area contributed by atoms with Gasteiger partial charge in [-0.15, -0.1) is 0 Å². The molecule has 7 heteroatoms. The van der Waals surface area contributed by atoms with Crippen molar-refractivity contribution in [2.75, 3.05) is 45.6 Å². The van der Waals surface area contributed by atoms with E-state index in [9.17, 15) is 4.79 Å². The molecule has 0 bridgehead atoms. The lowest BCUT2D eigenvalue weighted by atomic mass is 10.1. The van der Waals surface area contributed by atoms with Gasteiger partial charge in [-0.2, -0.15) is 5.26 Å². The van der Waals surface area contributed by atoms with Crippen molar-refractivity contribution in [2.45, 2.75) is 13.3 Å². The van der Waals surface area contributed by atoms with Crippen molar-refractivity contribution >= 4 is 22.6 Å². The van der Waals surface area contributed by atoms with E-state index in [-0.39, 0.29) is 5.91 Å². The molecule has 0 atom stereocenters. The van der Waals surface area contributed by atoms with Crippen molar-refractivity contribution in [3.8, 4) is 6.07 Å². The third kappa shape index (κ3) is 5.77. The Labute approximate surface area is 183 Å². The van der Waals surface area contributed by atoms with E-state index in [1.54, 1.807) is 12.1 Å². The molecule has 3 aromatic rings. The highest BCUT2D eigenvalue weighted by atomic mass is 16.2. The molecule has 0 aliphatic rings. The molecule has 160 valence electrons. The molecule has 1 aromatic heterocycles. The normalized spacial score (nSPS) is 10.8. The van der Waals surface area contributed by atoms with Crippen LogP contribution in [0.3, 0.4) is 0 Å². The molecule has 0 saturated carbocycles. The molecule has 0 radical (unpaired) electrons. The second-order valence-corrected chi connectivity index (χ2v) is 7.63. The van der Waals surface area contributed by atoms with E-state index in [1.807, 2.05) is 56.3 Å². The molecular weight excluding hydrogens is 388 g/mol. The van der Waals surface area contributed by atoms with Crippen LogP contribution in [-0.4, -0.2) is 65.9 Å². The number of nitrogens with one attached hydrogen (secondary N) is 1. The molecular formula is C24H28N6O. The molecule has 1 amide bonds. The number of rotatable bonds is 9. The number of hydrogen-bond acceptors (Lipinski definition) is 6. The molecule has 0 fully saturated rings. The topological polar surface area (TPSA) is 85.2 Å². The summed E-state index contributed by atoms with van der Waals surface area (Å²) in [6.07, 6.45) is 2.31. The third-order valence-electron chi connectivity index (χ3n) is 5.16. The maximum atomic E-state index is 12.7. The van der Waals surface area contributed by atoms with Crippen LogP contribution in [0.15, 0.2) is 48.8 Å². The van der Waals surface area contributed by atoms with Gasteiger partial charge in [0.25, 0.3) is 5.91 Å². The zero-order valence-corrected chi connectivity index (χ0v) is 18.3. The monoisotopic (exact) mass is 416 g/mol. The predicted molar refractivity (Wildman–Crippen MR) is 123 cm³/mol. The average Bonchev–Trinajstić information content (AvgIpc) is 2.79. The summed E-state index contributed by atoms with van der Waals surface area (Å²) >= 11 is 0. The minimum Gasteiger partial charge on any atom is -0.369 e. The Balaban J connectivity index is 1.60. The van der Waals surface area contributed by atoms with Gasteiger partial charge in [-0.25, -0.2) is 9.97 Å². The molecule has 0 aliphatic heterocycles. The second-order valence-electron chi connectivity index (χ2n) is 7.63. The summed E-state index contributed by atoms with van der Waals surface area (Å²) in [5.74, 6) is 0.781. The number of amides is 1. The Morgan fingerprint density at radius 1 is 1.10 bits per heavy atom. The van der Waals surface area contributed by atoms with E-state index in [0.29, 0.717) is 36.6 Å². The number of aromatic nitrogens is 2. The van der Waals surface area contributed by atoms with Crippen LogP contribution in [0.5, 0.6) is 0 Å². The molecule has 1 N–H and O–H groups in total. The zero-order valence-electron chi connectivity index (χ0n) is 18.3. The van der Waals surface area contributed by atoms with Crippen molar-refractivity contribution in [2.24, 2.45) is 0 Å². The number of anilines is 1.